The van der Waals surface area contributed by atoms with Crippen LogP contribution in [0.25, 0.3) is 0 Å². The molecule has 0 saturated heterocycles. The molecule has 0 aliphatic heterocycles. The van der Waals surface area contributed by atoms with E-state index in [1.165, 1.54) is 0 Å². The maximum Gasteiger partial charge on any atom is 0.150 e. The quantitative estimate of drug-likeness (QED) is 0.389. The Hall–Kier alpha value is -1.43. The summed E-state index contributed by atoms with van der Waals surface area (Å²) in [7, 11) is 0. The van der Waals surface area contributed by atoms with E-state index in [1.54, 1.807) is 24.3 Å². The van der Waals surface area contributed by atoms with Gasteiger partial charge in [0, 0.05) is 12.2 Å². The molecule has 5 heteroatoms. The molecule has 1 aromatic carbocycles. The molecule has 0 fully saturated rings. The van der Waals surface area contributed by atoms with Gasteiger partial charge in [0.05, 0.1) is 33.0 Å². The van der Waals surface area contributed by atoms with Gasteiger partial charge in [-0.05, 0) is 30.2 Å². The first kappa shape index (κ1) is 19.6. The number of benzene rings is 1. The summed E-state index contributed by atoms with van der Waals surface area (Å²) in [6, 6.07) is 6.99. The van der Waals surface area contributed by atoms with Crippen LogP contribution in [-0.2, 0) is 14.2 Å². The minimum absolute atomic E-state index is 0.471. The Kier molecular flexibility index (Phi) is 11.1. The van der Waals surface area contributed by atoms with E-state index in [-0.39, 0.29) is 0 Å². The number of hydrogen-bond acceptors (Lipinski definition) is 5. The largest absolute Gasteiger partial charge is 0.491 e. The molecule has 0 N–H and O–H groups in total. The van der Waals surface area contributed by atoms with Crippen molar-refractivity contribution in [3.63, 3.8) is 0 Å². The SMILES string of the molecule is CCC(C)COCCOCCOCCOc1ccc(C=O)cc1. The molecular weight excluding hydrogens is 296 g/mol. The summed E-state index contributed by atoms with van der Waals surface area (Å²) < 4.78 is 21.8. The second-order valence-electron chi connectivity index (χ2n) is 5.35. The highest BCUT2D eigenvalue weighted by molar-refractivity contribution is 5.74. The van der Waals surface area contributed by atoms with E-state index in [2.05, 4.69) is 13.8 Å². The minimum Gasteiger partial charge on any atom is -0.491 e. The van der Waals surface area contributed by atoms with E-state index in [4.69, 9.17) is 18.9 Å². The Morgan fingerprint density at radius 1 is 0.913 bits per heavy atom. The van der Waals surface area contributed by atoms with Crippen LogP contribution in [0.5, 0.6) is 5.75 Å². The first-order chi connectivity index (χ1) is 11.3. The van der Waals surface area contributed by atoms with Crippen LogP contribution in [0.3, 0.4) is 0 Å². The summed E-state index contributed by atoms with van der Waals surface area (Å²) in [5.41, 5.74) is 0.638. The van der Waals surface area contributed by atoms with Crippen molar-refractivity contribution in [2.45, 2.75) is 20.3 Å². The first-order valence-electron chi connectivity index (χ1n) is 8.17. The Morgan fingerprint density at radius 3 is 2.04 bits per heavy atom. The zero-order valence-electron chi connectivity index (χ0n) is 14.2. The topological polar surface area (TPSA) is 54.0 Å². The zero-order valence-corrected chi connectivity index (χ0v) is 14.2. The molecule has 1 unspecified atom stereocenters. The number of hydrogen-bond donors (Lipinski definition) is 0. The van der Waals surface area contributed by atoms with Crippen molar-refractivity contribution >= 4 is 6.29 Å². The fourth-order valence-corrected chi connectivity index (χ4v) is 1.70. The van der Waals surface area contributed by atoms with Crippen molar-refractivity contribution in [1.82, 2.24) is 0 Å². The lowest BCUT2D eigenvalue weighted by Crippen LogP contribution is -2.14. The van der Waals surface area contributed by atoms with Crippen molar-refractivity contribution in [2.24, 2.45) is 5.92 Å². The standard InChI is InChI=1S/C18H28O5/c1-3-16(2)15-22-11-10-20-8-9-21-12-13-23-18-6-4-17(14-19)5-7-18/h4-7,14,16H,3,8-13,15H2,1-2H3. The molecule has 0 aromatic heterocycles. The third-order valence-electron chi connectivity index (χ3n) is 3.36. The minimum atomic E-state index is 0.471. The van der Waals surface area contributed by atoms with Gasteiger partial charge in [0.15, 0.2) is 0 Å². The Morgan fingerprint density at radius 2 is 1.48 bits per heavy atom. The van der Waals surface area contributed by atoms with Crippen LogP contribution >= 0.6 is 0 Å². The zero-order chi connectivity index (χ0) is 16.8. The van der Waals surface area contributed by atoms with E-state index in [0.717, 1.165) is 25.1 Å². The smallest absolute Gasteiger partial charge is 0.150 e. The molecule has 0 saturated carbocycles. The van der Waals surface area contributed by atoms with Gasteiger partial charge in [0.2, 0.25) is 0 Å². The summed E-state index contributed by atoms with van der Waals surface area (Å²) >= 11 is 0. The molecule has 1 aromatic rings. The van der Waals surface area contributed by atoms with Gasteiger partial charge in [-0.2, -0.15) is 0 Å². The van der Waals surface area contributed by atoms with Crippen molar-refractivity contribution in [3.8, 4) is 5.75 Å². The normalized spacial score (nSPS) is 12.1. The van der Waals surface area contributed by atoms with Crippen LogP contribution in [0.2, 0.25) is 0 Å². The lowest BCUT2D eigenvalue weighted by atomic mass is 10.1. The van der Waals surface area contributed by atoms with Crippen LogP contribution in [0, 0.1) is 5.92 Å². The highest BCUT2D eigenvalue weighted by Crippen LogP contribution is 2.10. The second kappa shape index (κ2) is 13.0. The monoisotopic (exact) mass is 324 g/mol. The van der Waals surface area contributed by atoms with Crippen LogP contribution in [0.1, 0.15) is 30.6 Å². The molecule has 0 aliphatic rings. The third kappa shape index (κ3) is 10.0. The number of carbonyl (C=O) groups is 1. The van der Waals surface area contributed by atoms with Gasteiger partial charge in [0.25, 0.3) is 0 Å². The van der Waals surface area contributed by atoms with Crippen LogP contribution in [-0.4, -0.2) is 52.5 Å². The third-order valence-corrected chi connectivity index (χ3v) is 3.36. The van der Waals surface area contributed by atoms with E-state index >= 15 is 0 Å². The molecular formula is C18H28O5. The number of ether oxygens (including phenoxy) is 4. The van der Waals surface area contributed by atoms with Gasteiger partial charge >= 0.3 is 0 Å². The van der Waals surface area contributed by atoms with Gasteiger partial charge in [0.1, 0.15) is 18.6 Å². The Labute approximate surface area is 138 Å². The summed E-state index contributed by atoms with van der Waals surface area (Å²) in [6.07, 6.45) is 1.94. The maximum absolute atomic E-state index is 10.5. The van der Waals surface area contributed by atoms with E-state index in [9.17, 15) is 4.79 Å². The highest BCUT2D eigenvalue weighted by atomic mass is 16.6. The molecule has 23 heavy (non-hydrogen) atoms. The number of aldehydes is 1. The summed E-state index contributed by atoms with van der Waals surface area (Å²) in [6.45, 7) is 8.42. The predicted octanol–water partition coefficient (Wildman–Crippen LogP) is 2.97. The molecule has 0 aliphatic carbocycles. The number of carbonyl (C=O) groups excluding carboxylic acids is 1. The van der Waals surface area contributed by atoms with Crippen molar-refractivity contribution in [2.75, 3.05) is 46.2 Å². The molecule has 0 amide bonds. The van der Waals surface area contributed by atoms with Crippen LogP contribution in [0.15, 0.2) is 24.3 Å². The summed E-state index contributed by atoms with van der Waals surface area (Å²) in [4.78, 5) is 10.5. The van der Waals surface area contributed by atoms with Gasteiger partial charge < -0.3 is 18.9 Å². The Bertz CT molecular complexity index is 404. The van der Waals surface area contributed by atoms with Crippen molar-refractivity contribution in [1.29, 1.82) is 0 Å². The molecule has 0 bridgehead atoms. The van der Waals surface area contributed by atoms with Crippen molar-refractivity contribution < 1.29 is 23.7 Å². The summed E-state index contributed by atoms with van der Waals surface area (Å²) in [5.74, 6) is 1.34. The molecule has 0 heterocycles. The molecule has 1 atom stereocenters. The molecule has 5 nitrogen and oxygen atoms in total. The van der Waals surface area contributed by atoms with Gasteiger partial charge in [-0.25, -0.2) is 0 Å². The number of rotatable bonds is 14. The van der Waals surface area contributed by atoms with Crippen molar-refractivity contribution in [3.05, 3.63) is 29.8 Å². The van der Waals surface area contributed by atoms with E-state index in [1.807, 2.05) is 0 Å². The second-order valence-corrected chi connectivity index (χ2v) is 5.35. The molecule has 0 spiro atoms. The molecule has 0 radical (unpaired) electrons. The van der Waals surface area contributed by atoms with E-state index < -0.39 is 0 Å². The van der Waals surface area contributed by atoms with Gasteiger partial charge in [-0.1, -0.05) is 20.3 Å². The fraction of sp³-hybridized carbons (Fsp3) is 0.611. The highest BCUT2D eigenvalue weighted by Gasteiger charge is 1.98. The predicted molar refractivity (Wildman–Crippen MR) is 89.2 cm³/mol. The molecule has 130 valence electrons. The average molecular weight is 324 g/mol. The molecule has 1 rings (SSSR count). The van der Waals surface area contributed by atoms with Crippen LogP contribution < -0.4 is 4.74 Å². The van der Waals surface area contributed by atoms with Gasteiger partial charge in [-0.15, -0.1) is 0 Å². The lowest BCUT2D eigenvalue weighted by molar-refractivity contribution is 0.00399. The maximum atomic E-state index is 10.5. The van der Waals surface area contributed by atoms with Crippen LogP contribution in [0.4, 0.5) is 0 Å². The van der Waals surface area contributed by atoms with Gasteiger partial charge in [-0.3, -0.25) is 4.79 Å². The lowest BCUT2D eigenvalue weighted by Gasteiger charge is -2.10. The van der Waals surface area contributed by atoms with E-state index in [0.29, 0.717) is 51.1 Å². The summed E-state index contributed by atoms with van der Waals surface area (Å²) in [5, 5.41) is 0. The Balaban J connectivity index is 1.87. The fourth-order valence-electron chi connectivity index (χ4n) is 1.70. The average Bonchev–Trinajstić information content (AvgIpc) is 2.59. The first-order valence-corrected chi connectivity index (χ1v) is 8.17.